The first-order valence-corrected chi connectivity index (χ1v) is 6.50. The van der Waals surface area contributed by atoms with Crippen LogP contribution in [0.25, 0.3) is 0 Å². The Hall–Kier alpha value is 0.310. The molecule has 0 saturated heterocycles. The van der Waals surface area contributed by atoms with Crippen molar-refractivity contribution < 1.29 is 0 Å². The van der Waals surface area contributed by atoms with Crippen LogP contribution in [0.1, 0.15) is 34.6 Å². The van der Waals surface area contributed by atoms with E-state index >= 15 is 0 Å². The molecule has 0 saturated carbocycles. The van der Waals surface area contributed by atoms with Gasteiger partial charge in [0.05, 0.1) is 0 Å². The molecule has 0 aromatic carbocycles. The Morgan fingerprint density at radius 2 is 1.69 bits per heavy atom. The average Bonchev–Trinajstić information content (AvgIpc) is 2.02. The van der Waals surface area contributed by atoms with E-state index in [4.69, 9.17) is 0 Å². The fraction of sp³-hybridized carbons (Fsp3) is 1.00. The molecule has 1 nitrogen and oxygen atoms in total. The first kappa shape index (κ1) is 13.3. The Labute approximate surface area is 88.1 Å². The molecule has 0 fully saturated rings. The van der Waals surface area contributed by atoms with E-state index in [0.29, 0.717) is 6.04 Å². The van der Waals surface area contributed by atoms with Gasteiger partial charge in [0.15, 0.2) is 0 Å². The van der Waals surface area contributed by atoms with Crippen molar-refractivity contribution in [2.24, 2.45) is 11.8 Å². The highest BCUT2D eigenvalue weighted by Gasteiger charge is 2.04. The van der Waals surface area contributed by atoms with Crippen molar-refractivity contribution in [2.75, 3.05) is 18.1 Å². The van der Waals surface area contributed by atoms with Crippen LogP contribution in [0.2, 0.25) is 0 Å². The summed E-state index contributed by atoms with van der Waals surface area (Å²) >= 11 is 2.05. The van der Waals surface area contributed by atoms with Gasteiger partial charge >= 0.3 is 0 Å². The third-order valence-electron chi connectivity index (χ3n) is 2.16. The lowest BCUT2D eigenvalue weighted by Crippen LogP contribution is -2.32. The molecule has 0 bridgehead atoms. The predicted molar refractivity (Wildman–Crippen MR) is 64.5 cm³/mol. The molecule has 1 unspecified atom stereocenters. The zero-order valence-corrected chi connectivity index (χ0v) is 10.6. The van der Waals surface area contributed by atoms with E-state index in [0.717, 1.165) is 18.4 Å². The molecule has 0 amide bonds. The molecule has 80 valence electrons. The minimum absolute atomic E-state index is 0.652. The Morgan fingerprint density at radius 1 is 1.08 bits per heavy atom. The molecule has 0 heterocycles. The van der Waals surface area contributed by atoms with Crippen LogP contribution in [-0.2, 0) is 0 Å². The molecule has 0 rings (SSSR count). The molecule has 0 radical (unpaired) electrons. The normalized spacial score (nSPS) is 14.1. The first-order chi connectivity index (χ1) is 6.04. The van der Waals surface area contributed by atoms with Crippen molar-refractivity contribution in [3.8, 4) is 0 Å². The molecule has 0 aromatic heterocycles. The largest absolute Gasteiger partial charge is 0.313 e. The van der Waals surface area contributed by atoms with E-state index in [1.165, 1.54) is 11.5 Å². The summed E-state index contributed by atoms with van der Waals surface area (Å²) in [6, 6.07) is 0.652. The molecule has 0 spiro atoms. The van der Waals surface area contributed by atoms with Gasteiger partial charge in [-0.05, 0) is 24.5 Å². The quantitative estimate of drug-likeness (QED) is 0.638. The summed E-state index contributed by atoms with van der Waals surface area (Å²) in [5.41, 5.74) is 0. The highest BCUT2D eigenvalue weighted by atomic mass is 32.2. The Bertz CT molecular complexity index is 113. The topological polar surface area (TPSA) is 12.0 Å². The van der Waals surface area contributed by atoms with Crippen LogP contribution in [0.15, 0.2) is 0 Å². The zero-order valence-electron chi connectivity index (χ0n) is 9.76. The number of thioether (sulfide) groups is 1. The van der Waals surface area contributed by atoms with E-state index in [1.54, 1.807) is 0 Å². The first-order valence-electron chi connectivity index (χ1n) is 5.35. The fourth-order valence-corrected chi connectivity index (χ4v) is 1.81. The summed E-state index contributed by atoms with van der Waals surface area (Å²) < 4.78 is 0. The van der Waals surface area contributed by atoms with E-state index in [9.17, 15) is 0 Å². The highest BCUT2D eigenvalue weighted by molar-refractivity contribution is 7.99. The SMILES string of the molecule is CC(C)CSCCNC(C)C(C)C. The van der Waals surface area contributed by atoms with Gasteiger partial charge in [-0.25, -0.2) is 0 Å². The van der Waals surface area contributed by atoms with E-state index in [1.807, 2.05) is 0 Å². The maximum Gasteiger partial charge on any atom is 0.00620 e. The van der Waals surface area contributed by atoms with Crippen molar-refractivity contribution in [1.29, 1.82) is 0 Å². The molecule has 1 N–H and O–H groups in total. The molecular weight excluding hydrogens is 178 g/mol. The smallest absolute Gasteiger partial charge is 0.00620 e. The van der Waals surface area contributed by atoms with Crippen molar-refractivity contribution in [3.05, 3.63) is 0 Å². The summed E-state index contributed by atoms with van der Waals surface area (Å²) in [6.07, 6.45) is 0. The molecule has 0 aromatic rings. The molecule has 1 atom stereocenters. The van der Waals surface area contributed by atoms with Crippen molar-refractivity contribution >= 4 is 11.8 Å². The second kappa shape index (κ2) is 7.69. The van der Waals surface area contributed by atoms with E-state index in [-0.39, 0.29) is 0 Å². The Balaban J connectivity index is 3.16. The van der Waals surface area contributed by atoms with Crippen molar-refractivity contribution in [1.82, 2.24) is 5.32 Å². The molecule has 0 aliphatic carbocycles. The van der Waals surface area contributed by atoms with E-state index in [2.05, 4.69) is 51.7 Å². The van der Waals surface area contributed by atoms with Gasteiger partial charge in [-0.1, -0.05) is 27.7 Å². The average molecular weight is 203 g/mol. The zero-order chi connectivity index (χ0) is 10.3. The third-order valence-corrected chi connectivity index (χ3v) is 3.56. The maximum absolute atomic E-state index is 3.53. The second-order valence-corrected chi connectivity index (χ2v) is 5.61. The van der Waals surface area contributed by atoms with Crippen LogP contribution >= 0.6 is 11.8 Å². The summed E-state index contributed by atoms with van der Waals surface area (Å²) in [6.45, 7) is 12.5. The number of nitrogens with one attached hydrogen (secondary N) is 1. The van der Waals surface area contributed by atoms with Crippen LogP contribution in [0.5, 0.6) is 0 Å². The summed E-state index contributed by atoms with van der Waals surface area (Å²) in [7, 11) is 0. The van der Waals surface area contributed by atoms with Gasteiger partial charge in [0.25, 0.3) is 0 Å². The summed E-state index contributed by atoms with van der Waals surface area (Å²) in [5.74, 6) is 4.11. The number of hydrogen-bond acceptors (Lipinski definition) is 2. The van der Waals surface area contributed by atoms with Gasteiger partial charge in [0.2, 0.25) is 0 Å². The standard InChI is InChI=1S/C11H25NS/c1-9(2)8-13-7-6-12-11(5)10(3)4/h9-12H,6-8H2,1-5H3. The molecule has 0 aliphatic heterocycles. The van der Waals surface area contributed by atoms with Gasteiger partial charge in [0, 0.05) is 18.3 Å². The minimum Gasteiger partial charge on any atom is -0.313 e. The number of hydrogen-bond donors (Lipinski definition) is 1. The summed E-state index contributed by atoms with van der Waals surface area (Å²) in [4.78, 5) is 0. The molecular formula is C11H25NS. The lowest BCUT2D eigenvalue weighted by molar-refractivity contribution is 0.438. The van der Waals surface area contributed by atoms with Crippen LogP contribution < -0.4 is 5.32 Å². The molecule has 13 heavy (non-hydrogen) atoms. The van der Waals surface area contributed by atoms with Crippen LogP contribution in [0.4, 0.5) is 0 Å². The Kier molecular flexibility index (Phi) is 7.87. The van der Waals surface area contributed by atoms with E-state index < -0.39 is 0 Å². The van der Waals surface area contributed by atoms with Crippen molar-refractivity contribution in [3.63, 3.8) is 0 Å². The van der Waals surface area contributed by atoms with Crippen molar-refractivity contribution in [2.45, 2.75) is 40.7 Å². The van der Waals surface area contributed by atoms with Gasteiger partial charge in [-0.15, -0.1) is 0 Å². The third kappa shape index (κ3) is 8.63. The van der Waals surface area contributed by atoms with Crippen LogP contribution in [0, 0.1) is 11.8 Å². The van der Waals surface area contributed by atoms with Crippen LogP contribution in [-0.4, -0.2) is 24.1 Å². The maximum atomic E-state index is 3.53. The predicted octanol–water partition coefficient (Wildman–Crippen LogP) is 3.01. The summed E-state index contributed by atoms with van der Waals surface area (Å²) in [5, 5.41) is 3.53. The number of rotatable bonds is 7. The minimum atomic E-state index is 0.652. The van der Waals surface area contributed by atoms with Gasteiger partial charge in [-0.2, -0.15) is 11.8 Å². The second-order valence-electron chi connectivity index (χ2n) is 4.46. The lowest BCUT2D eigenvalue weighted by atomic mass is 10.1. The lowest BCUT2D eigenvalue weighted by Gasteiger charge is -2.17. The van der Waals surface area contributed by atoms with Crippen LogP contribution in [0.3, 0.4) is 0 Å². The monoisotopic (exact) mass is 203 g/mol. The molecule has 2 heteroatoms. The van der Waals surface area contributed by atoms with Gasteiger partial charge in [-0.3, -0.25) is 0 Å². The highest BCUT2D eigenvalue weighted by Crippen LogP contribution is 2.06. The fourth-order valence-electron chi connectivity index (χ4n) is 0.914. The van der Waals surface area contributed by atoms with Gasteiger partial charge in [0.1, 0.15) is 0 Å². The molecule has 0 aliphatic rings. The Morgan fingerprint density at radius 3 is 2.15 bits per heavy atom. The van der Waals surface area contributed by atoms with Gasteiger partial charge < -0.3 is 5.32 Å².